The van der Waals surface area contributed by atoms with Gasteiger partial charge in [0, 0.05) is 24.5 Å². The lowest BCUT2D eigenvalue weighted by Crippen LogP contribution is -2.25. The van der Waals surface area contributed by atoms with Crippen molar-refractivity contribution < 1.29 is 18.0 Å². The number of amides is 1. The molecule has 1 amide bonds. The Hall–Kier alpha value is -2.63. The van der Waals surface area contributed by atoms with Gasteiger partial charge < -0.3 is 0 Å². The predicted octanol–water partition coefficient (Wildman–Crippen LogP) is 3.69. The Labute approximate surface area is 130 Å². The zero-order valence-corrected chi connectivity index (χ0v) is 12.3. The topological polar surface area (TPSA) is 41.5 Å². The number of benzene rings is 2. The highest BCUT2D eigenvalue weighted by molar-refractivity contribution is 6.04. The zero-order chi connectivity index (χ0) is 16.6. The molecule has 0 saturated heterocycles. The average Bonchev–Trinajstić information content (AvgIpc) is 2.52. The monoisotopic (exact) mass is 318 g/mol. The third kappa shape index (κ3) is 2.97. The number of carbonyl (C=O) groups is 1. The Balaban J connectivity index is 2.00. The third-order valence-corrected chi connectivity index (χ3v) is 3.76. The van der Waals surface area contributed by atoms with Gasteiger partial charge in [0.1, 0.15) is 5.82 Å². The lowest BCUT2D eigenvalue weighted by atomic mass is 9.95. The second kappa shape index (κ2) is 5.87. The van der Waals surface area contributed by atoms with Crippen LogP contribution in [0.1, 0.15) is 24.0 Å². The van der Waals surface area contributed by atoms with Crippen LogP contribution in [0.3, 0.4) is 0 Å². The van der Waals surface area contributed by atoms with E-state index in [-0.39, 0.29) is 11.5 Å². The summed E-state index contributed by atoms with van der Waals surface area (Å²) in [6.45, 7) is 1.75. The quantitative estimate of drug-likeness (QED) is 0.843. The summed E-state index contributed by atoms with van der Waals surface area (Å²) in [5.74, 6) is -3.26. The average molecular weight is 318 g/mol. The molecule has 3 nitrogen and oxygen atoms in total. The summed E-state index contributed by atoms with van der Waals surface area (Å²) in [6, 6.07) is 6.54. The smallest absolute Gasteiger partial charge is 0.240 e. The first kappa shape index (κ1) is 15.3. The lowest BCUT2D eigenvalue weighted by molar-refractivity contribution is -0.121. The van der Waals surface area contributed by atoms with E-state index in [4.69, 9.17) is 0 Å². The summed E-state index contributed by atoms with van der Waals surface area (Å²) in [5, 5.41) is 4.00. The Morgan fingerprint density at radius 3 is 2.35 bits per heavy atom. The van der Waals surface area contributed by atoms with Crippen LogP contribution in [0.4, 0.5) is 13.2 Å². The van der Waals surface area contributed by atoms with Crippen LogP contribution in [0.2, 0.25) is 0 Å². The maximum absolute atomic E-state index is 13.9. The Bertz CT molecular complexity index is 831. The molecular formula is C17H13F3N2O. The van der Waals surface area contributed by atoms with Crippen LogP contribution in [0.15, 0.2) is 35.4 Å². The molecule has 1 aliphatic rings. The molecule has 3 rings (SSSR count). The van der Waals surface area contributed by atoms with E-state index in [0.717, 1.165) is 17.3 Å². The molecule has 1 aliphatic heterocycles. The molecule has 0 aromatic heterocycles. The van der Waals surface area contributed by atoms with Gasteiger partial charge in [-0.15, -0.1) is 0 Å². The van der Waals surface area contributed by atoms with Crippen molar-refractivity contribution in [3.05, 3.63) is 58.9 Å². The number of nitrogens with zero attached hydrogens (tertiary/aromatic N) is 1. The van der Waals surface area contributed by atoms with Crippen LogP contribution in [-0.4, -0.2) is 11.6 Å². The fraction of sp³-hybridized carbons (Fsp3) is 0.176. The van der Waals surface area contributed by atoms with E-state index in [1.165, 1.54) is 0 Å². The number of carbonyl (C=O) groups excluding carboxylic acids is 1. The minimum absolute atomic E-state index is 0.00633. The lowest BCUT2D eigenvalue weighted by Gasteiger charge is -2.14. The van der Waals surface area contributed by atoms with E-state index < -0.39 is 17.5 Å². The Morgan fingerprint density at radius 2 is 1.70 bits per heavy atom. The van der Waals surface area contributed by atoms with E-state index in [9.17, 15) is 18.0 Å². The normalized spacial score (nSPS) is 14.4. The second-order valence-corrected chi connectivity index (χ2v) is 5.37. The standard InChI is InChI=1S/C17H13F3N2O/c1-9-6-10(16-4-5-17(23)22-21-16)2-3-11(9)12-7-14(19)15(20)8-13(12)18/h2-3,6-8H,4-5H2,1H3,(H,22,23). The number of hydrazone groups is 1. The van der Waals surface area contributed by atoms with Gasteiger partial charge in [0.05, 0.1) is 5.71 Å². The molecule has 0 unspecified atom stereocenters. The summed E-state index contributed by atoms with van der Waals surface area (Å²) in [4.78, 5) is 11.1. The molecule has 1 heterocycles. The van der Waals surface area contributed by atoms with Crippen LogP contribution < -0.4 is 5.43 Å². The molecule has 0 aliphatic carbocycles. The molecule has 1 N–H and O–H groups in total. The summed E-state index contributed by atoms with van der Waals surface area (Å²) in [6.07, 6.45) is 0.877. The predicted molar refractivity (Wildman–Crippen MR) is 80.4 cm³/mol. The van der Waals surface area contributed by atoms with Crippen LogP contribution >= 0.6 is 0 Å². The molecule has 118 valence electrons. The van der Waals surface area contributed by atoms with Crippen molar-refractivity contribution in [3.63, 3.8) is 0 Å². The number of nitrogens with one attached hydrogen (secondary N) is 1. The minimum atomic E-state index is -1.21. The maximum atomic E-state index is 13.9. The first-order chi connectivity index (χ1) is 11.0. The van der Waals surface area contributed by atoms with Crippen LogP contribution in [0, 0.1) is 24.4 Å². The summed E-state index contributed by atoms with van der Waals surface area (Å²) < 4.78 is 40.3. The van der Waals surface area contributed by atoms with Gasteiger partial charge in [-0.05, 0) is 35.7 Å². The molecule has 0 atom stereocenters. The number of hydrogen-bond donors (Lipinski definition) is 1. The van der Waals surface area contributed by atoms with Crippen LogP contribution in [0.5, 0.6) is 0 Å². The van der Waals surface area contributed by atoms with E-state index in [0.29, 0.717) is 30.0 Å². The maximum Gasteiger partial charge on any atom is 0.240 e. The highest BCUT2D eigenvalue weighted by atomic mass is 19.2. The first-order valence-corrected chi connectivity index (χ1v) is 7.07. The second-order valence-electron chi connectivity index (χ2n) is 5.37. The van der Waals surface area contributed by atoms with Crippen molar-refractivity contribution in [2.24, 2.45) is 5.10 Å². The Morgan fingerprint density at radius 1 is 0.957 bits per heavy atom. The minimum Gasteiger partial charge on any atom is -0.273 e. The summed E-state index contributed by atoms with van der Waals surface area (Å²) in [7, 11) is 0. The number of hydrogen-bond acceptors (Lipinski definition) is 2. The van der Waals surface area contributed by atoms with Crippen molar-refractivity contribution >= 4 is 11.6 Å². The van der Waals surface area contributed by atoms with E-state index in [2.05, 4.69) is 10.5 Å². The van der Waals surface area contributed by atoms with Crippen molar-refractivity contribution in [1.82, 2.24) is 5.43 Å². The molecule has 0 fully saturated rings. The molecule has 0 saturated carbocycles. The molecule has 2 aromatic rings. The number of aryl methyl sites for hydroxylation is 1. The molecule has 2 aromatic carbocycles. The van der Waals surface area contributed by atoms with Crippen molar-refractivity contribution in [3.8, 4) is 11.1 Å². The molecule has 0 radical (unpaired) electrons. The van der Waals surface area contributed by atoms with Gasteiger partial charge >= 0.3 is 0 Å². The fourth-order valence-electron chi connectivity index (χ4n) is 2.56. The molecular weight excluding hydrogens is 305 g/mol. The fourth-order valence-corrected chi connectivity index (χ4v) is 2.56. The highest BCUT2D eigenvalue weighted by Crippen LogP contribution is 2.29. The SMILES string of the molecule is Cc1cc(C2=NNC(=O)CC2)ccc1-c1cc(F)c(F)cc1F. The first-order valence-electron chi connectivity index (χ1n) is 7.07. The van der Waals surface area contributed by atoms with E-state index >= 15 is 0 Å². The van der Waals surface area contributed by atoms with Crippen LogP contribution in [0.25, 0.3) is 11.1 Å². The van der Waals surface area contributed by atoms with Crippen molar-refractivity contribution in [2.75, 3.05) is 0 Å². The molecule has 0 spiro atoms. The van der Waals surface area contributed by atoms with E-state index in [1.807, 2.05) is 0 Å². The van der Waals surface area contributed by atoms with Gasteiger partial charge in [0.25, 0.3) is 0 Å². The van der Waals surface area contributed by atoms with Gasteiger partial charge in [0.2, 0.25) is 5.91 Å². The van der Waals surface area contributed by atoms with Gasteiger partial charge in [-0.2, -0.15) is 5.10 Å². The molecule has 0 bridgehead atoms. The van der Waals surface area contributed by atoms with Crippen LogP contribution in [-0.2, 0) is 4.79 Å². The third-order valence-electron chi connectivity index (χ3n) is 3.76. The zero-order valence-electron chi connectivity index (χ0n) is 12.3. The van der Waals surface area contributed by atoms with Gasteiger partial charge in [-0.1, -0.05) is 12.1 Å². The van der Waals surface area contributed by atoms with Gasteiger partial charge in [0.15, 0.2) is 11.6 Å². The van der Waals surface area contributed by atoms with Crippen molar-refractivity contribution in [1.29, 1.82) is 0 Å². The van der Waals surface area contributed by atoms with E-state index in [1.54, 1.807) is 25.1 Å². The summed E-state index contributed by atoms with van der Waals surface area (Å²) in [5.41, 5.74) is 5.13. The van der Waals surface area contributed by atoms with Gasteiger partial charge in [-0.25, -0.2) is 18.6 Å². The Kier molecular flexibility index (Phi) is 3.90. The summed E-state index contributed by atoms with van der Waals surface area (Å²) >= 11 is 0. The highest BCUT2D eigenvalue weighted by Gasteiger charge is 2.16. The molecule has 23 heavy (non-hydrogen) atoms. The number of halogens is 3. The molecule has 6 heteroatoms. The largest absolute Gasteiger partial charge is 0.273 e. The van der Waals surface area contributed by atoms with Gasteiger partial charge in [-0.3, -0.25) is 4.79 Å². The van der Waals surface area contributed by atoms with Crippen molar-refractivity contribution in [2.45, 2.75) is 19.8 Å². The number of rotatable bonds is 2.